The minimum Gasteiger partial charge on any atom is -0.323 e. The van der Waals surface area contributed by atoms with Gasteiger partial charge in [-0.1, -0.05) is 19.4 Å². The van der Waals surface area contributed by atoms with E-state index in [1.54, 1.807) is 10.7 Å². The molecule has 1 aliphatic rings. The summed E-state index contributed by atoms with van der Waals surface area (Å²) in [6, 6.07) is 5.82. The van der Waals surface area contributed by atoms with Crippen molar-refractivity contribution >= 4 is 29.0 Å². The number of thioether (sulfide) groups is 1. The quantitative estimate of drug-likeness (QED) is 0.942. The molecular weight excluding hydrogens is 296 g/mol. The van der Waals surface area contributed by atoms with Crippen LogP contribution in [-0.2, 0) is 0 Å². The molecule has 118 valence electrons. The van der Waals surface area contributed by atoms with E-state index in [1.807, 2.05) is 41.1 Å². The van der Waals surface area contributed by atoms with Gasteiger partial charge in [-0.3, -0.25) is 0 Å². The molecule has 3 rings (SSSR count). The Morgan fingerprint density at radius 1 is 1.45 bits per heavy atom. The van der Waals surface area contributed by atoms with Crippen LogP contribution >= 0.6 is 11.8 Å². The number of hydrogen-bond acceptors (Lipinski definition) is 3. The van der Waals surface area contributed by atoms with Gasteiger partial charge in [0.05, 0.1) is 17.4 Å². The number of carbonyl (C=O) groups excluding carboxylic acids is 1. The summed E-state index contributed by atoms with van der Waals surface area (Å²) in [5.41, 5.74) is 1.69. The third-order valence-electron chi connectivity index (χ3n) is 3.99. The first-order valence-corrected chi connectivity index (χ1v) is 8.92. The van der Waals surface area contributed by atoms with Crippen LogP contribution in [0.5, 0.6) is 0 Å². The first-order valence-electron chi connectivity index (χ1n) is 7.88. The number of nitrogens with one attached hydrogen (secondary N) is 1. The molecule has 6 heteroatoms. The Morgan fingerprint density at radius 3 is 3.23 bits per heavy atom. The second kappa shape index (κ2) is 7.05. The van der Waals surface area contributed by atoms with E-state index in [0.717, 1.165) is 36.5 Å². The van der Waals surface area contributed by atoms with E-state index in [4.69, 9.17) is 0 Å². The third kappa shape index (κ3) is 3.38. The lowest BCUT2D eigenvalue weighted by Crippen LogP contribution is -2.38. The summed E-state index contributed by atoms with van der Waals surface area (Å²) in [5.74, 6) is 1.11. The maximum absolute atomic E-state index is 12.6. The van der Waals surface area contributed by atoms with Crippen molar-refractivity contribution in [3.05, 3.63) is 30.6 Å². The second-order valence-electron chi connectivity index (χ2n) is 5.54. The van der Waals surface area contributed by atoms with Crippen molar-refractivity contribution in [3.8, 4) is 0 Å². The van der Waals surface area contributed by atoms with Gasteiger partial charge in [0.25, 0.3) is 0 Å². The van der Waals surface area contributed by atoms with Crippen molar-refractivity contribution in [3.63, 3.8) is 0 Å². The Morgan fingerprint density at radius 2 is 2.36 bits per heavy atom. The standard InChI is InChI=1S/C16H22N4OS/c1-2-22-13-7-3-5-9-19(12-13)16(21)18-14-11-17-20-10-6-4-8-15(14)20/h4,6,8,10-11,13H,2-3,5,7,9,12H2,1H3,(H,18,21). The number of hydrogen-bond donors (Lipinski definition) is 1. The van der Waals surface area contributed by atoms with Gasteiger partial charge in [0.2, 0.25) is 0 Å². The number of nitrogens with zero attached hydrogens (tertiary/aromatic N) is 3. The molecule has 1 saturated heterocycles. The van der Waals surface area contributed by atoms with Gasteiger partial charge in [-0.25, -0.2) is 9.31 Å². The second-order valence-corrected chi connectivity index (χ2v) is 7.12. The van der Waals surface area contributed by atoms with E-state index >= 15 is 0 Å². The molecule has 0 aliphatic carbocycles. The number of rotatable bonds is 3. The summed E-state index contributed by atoms with van der Waals surface area (Å²) in [6.45, 7) is 3.86. The van der Waals surface area contributed by atoms with Crippen LogP contribution in [0.3, 0.4) is 0 Å². The van der Waals surface area contributed by atoms with Crippen molar-refractivity contribution < 1.29 is 4.79 Å². The van der Waals surface area contributed by atoms with E-state index in [-0.39, 0.29) is 6.03 Å². The summed E-state index contributed by atoms with van der Waals surface area (Å²) in [6.07, 6.45) is 7.09. The van der Waals surface area contributed by atoms with Crippen LogP contribution in [0.2, 0.25) is 0 Å². The van der Waals surface area contributed by atoms with Crippen molar-refractivity contribution in [2.24, 2.45) is 0 Å². The maximum atomic E-state index is 12.6. The fourth-order valence-corrected chi connectivity index (χ4v) is 3.97. The Hall–Kier alpha value is -1.69. The molecule has 1 atom stereocenters. The highest BCUT2D eigenvalue weighted by Crippen LogP contribution is 2.23. The summed E-state index contributed by atoms with van der Waals surface area (Å²) in [4.78, 5) is 14.5. The van der Waals surface area contributed by atoms with Gasteiger partial charge in [-0.15, -0.1) is 0 Å². The van der Waals surface area contributed by atoms with Crippen molar-refractivity contribution in [2.75, 3.05) is 24.2 Å². The van der Waals surface area contributed by atoms with Crippen LogP contribution in [0.25, 0.3) is 5.52 Å². The number of likely N-dealkylation sites (tertiary alicyclic amines) is 1. The fourth-order valence-electron chi connectivity index (χ4n) is 2.88. The molecule has 0 saturated carbocycles. The average molecular weight is 318 g/mol. The van der Waals surface area contributed by atoms with Gasteiger partial charge in [-0.2, -0.15) is 16.9 Å². The van der Waals surface area contributed by atoms with E-state index in [0.29, 0.717) is 5.25 Å². The Bertz CT molecular complexity index is 642. The zero-order chi connectivity index (χ0) is 15.4. The van der Waals surface area contributed by atoms with Gasteiger partial charge in [0, 0.05) is 24.5 Å². The SMILES string of the molecule is CCSC1CCCCN(C(=O)Nc2cnn3ccccc23)C1. The highest BCUT2D eigenvalue weighted by molar-refractivity contribution is 7.99. The first kappa shape index (κ1) is 15.2. The molecule has 0 spiro atoms. The van der Waals surface area contributed by atoms with E-state index in [9.17, 15) is 4.79 Å². The minimum atomic E-state index is -0.0117. The largest absolute Gasteiger partial charge is 0.323 e. The molecule has 1 N–H and O–H groups in total. The van der Waals surface area contributed by atoms with Crippen LogP contribution in [0.1, 0.15) is 26.2 Å². The number of urea groups is 1. The van der Waals surface area contributed by atoms with Crippen LogP contribution in [0.4, 0.5) is 10.5 Å². The normalized spacial score (nSPS) is 19.1. The number of anilines is 1. The fraction of sp³-hybridized carbons (Fsp3) is 0.500. The summed E-state index contributed by atoms with van der Waals surface area (Å²) in [5, 5.41) is 7.84. The monoisotopic (exact) mass is 318 g/mol. The molecule has 1 unspecified atom stereocenters. The predicted octanol–water partition coefficient (Wildman–Crippen LogP) is 3.47. The number of fused-ring (bicyclic) bond motifs is 1. The molecule has 1 fully saturated rings. The highest BCUT2D eigenvalue weighted by atomic mass is 32.2. The third-order valence-corrected chi connectivity index (χ3v) is 5.18. The highest BCUT2D eigenvalue weighted by Gasteiger charge is 2.22. The summed E-state index contributed by atoms with van der Waals surface area (Å²) >= 11 is 1.96. The molecule has 2 aromatic heterocycles. The van der Waals surface area contributed by atoms with Crippen LogP contribution < -0.4 is 5.32 Å². The van der Waals surface area contributed by atoms with Gasteiger partial charge in [0.15, 0.2) is 0 Å². The Labute approximate surface area is 135 Å². The molecule has 2 aromatic rings. The smallest absolute Gasteiger partial charge is 0.321 e. The number of aromatic nitrogens is 2. The Balaban J connectivity index is 1.70. The number of carbonyl (C=O) groups is 1. The minimum absolute atomic E-state index is 0.0117. The number of pyridine rings is 1. The van der Waals surface area contributed by atoms with E-state index in [2.05, 4.69) is 17.3 Å². The maximum Gasteiger partial charge on any atom is 0.321 e. The van der Waals surface area contributed by atoms with Gasteiger partial charge < -0.3 is 10.2 Å². The molecular formula is C16H22N4OS. The van der Waals surface area contributed by atoms with Gasteiger partial charge >= 0.3 is 6.03 Å². The lowest BCUT2D eigenvalue weighted by Gasteiger charge is -2.24. The van der Waals surface area contributed by atoms with Crippen LogP contribution in [-0.4, -0.2) is 44.6 Å². The molecule has 2 amide bonds. The molecule has 5 nitrogen and oxygen atoms in total. The van der Waals surface area contributed by atoms with E-state index < -0.39 is 0 Å². The number of amides is 2. The lowest BCUT2D eigenvalue weighted by atomic mass is 10.2. The van der Waals surface area contributed by atoms with Crippen molar-refractivity contribution in [1.29, 1.82) is 0 Å². The molecule has 22 heavy (non-hydrogen) atoms. The molecule has 0 bridgehead atoms. The van der Waals surface area contributed by atoms with Crippen molar-refractivity contribution in [2.45, 2.75) is 31.4 Å². The van der Waals surface area contributed by atoms with Gasteiger partial charge in [0.1, 0.15) is 0 Å². The van der Waals surface area contributed by atoms with E-state index in [1.165, 1.54) is 12.8 Å². The van der Waals surface area contributed by atoms with Crippen molar-refractivity contribution in [1.82, 2.24) is 14.5 Å². The summed E-state index contributed by atoms with van der Waals surface area (Å²) in [7, 11) is 0. The zero-order valence-corrected chi connectivity index (χ0v) is 13.7. The van der Waals surface area contributed by atoms with Crippen LogP contribution in [0, 0.1) is 0 Å². The zero-order valence-electron chi connectivity index (χ0n) is 12.9. The lowest BCUT2D eigenvalue weighted by molar-refractivity contribution is 0.214. The average Bonchev–Trinajstić information content (AvgIpc) is 2.78. The molecule has 1 aliphatic heterocycles. The van der Waals surface area contributed by atoms with Crippen LogP contribution in [0.15, 0.2) is 30.6 Å². The first-order chi connectivity index (χ1) is 10.8. The Kier molecular flexibility index (Phi) is 4.87. The molecule has 0 aromatic carbocycles. The topological polar surface area (TPSA) is 49.6 Å². The molecule has 0 radical (unpaired) electrons. The predicted molar refractivity (Wildman–Crippen MR) is 91.6 cm³/mol. The summed E-state index contributed by atoms with van der Waals surface area (Å²) < 4.78 is 1.77. The van der Waals surface area contributed by atoms with Gasteiger partial charge in [-0.05, 0) is 30.7 Å². The molecule has 3 heterocycles.